The molecular formula is C29H26Cl3N7O. The molecule has 2 aromatic carbocycles. The Hall–Kier alpha value is -3.27. The monoisotopic (exact) mass is 593 g/mol. The van der Waals surface area contributed by atoms with Crippen molar-refractivity contribution in [1.29, 1.82) is 0 Å². The SMILES string of the molecule is OC(NC1CCC(Nc2ncnc3c2nc(-c2ccc(Cl)cc2Cl)n3-c2ccc(Cl)cc2)CC1)c1cccnc1. The highest BCUT2D eigenvalue weighted by Gasteiger charge is 2.26. The Morgan fingerprint density at radius 1 is 0.900 bits per heavy atom. The van der Waals surface area contributed by atoms with E-state index in [1.165, 1.54) is 0 Å². The molecule has 0 spiro atoms. The highest BCUT2D eigenvalue weighted by molar-refractivity contribution is 6.36. The highest BCUT2D eigenvalue weighted by Crippen LogP contribution is 2.36. The summed E-state index contributed by atoms with van der Waals surface area (Å²) in [6, 6.07) is 16.9. The van der Waals surface area contributed by atoms with Gasteiger partial charge >= 0.3 is 0 Å². The molecule has 0 radical (unpaired) electrons. The lowest BCUT2D eigenvalue weighted by Crippen LogP contribution is -2.39. The number of nitrogens with zero attached hydrogens (tertiary/aromatic N) is 5. The van der Waals surface area contributed by atoms with Gasteiger partial charge in [-0.3, -0.25) is 14.9 Å². The molecule has 0 aliphatic heterocycles. The second-order valence-electron chi connectivity index (χ2n) is 9.81. The molecular weight excluding hydrogens is 569 g/mol. The van der Waals surface area contributed by atoms with Crippen molar-refractivity contribution in [3.8, 4) is 17.1 Å². The molecule has 1 aliphatic carbocycles. The predicted octanol–water partition coefficient (Wildman–Crippen LogP) is 6.84. The maximum absolute atomic E-state index is 10.5. The van der Waals surface area contributed by atoms with Gasteiger partial charge in [-0.05, 0) is 74.2 Å². The minimum atomic E-state index is -0.736. The normalized spacial score (nSPS) is 18.1. The number of aliphatic hydroxyl groups is 1. The second-order valence-corrected chi connectivity index (χ2v) is 11.1. The summed E-state index contributed by atoms with van der Waals surface area (Å²) < 4.78 is 1.95. The zero-order valence-electron chi connectivity index (χ0n) is 21.3. The molecule has 1 unspecified atom stereocenters. The van der Waals surface area contributed by atoms with Crippen molar-refractivity contribution in [3.05, 3.63) is 93.9 Å². The number of hydrogen-bond acceptors (Lipinski definition) is 7. The summed E-state index contributed by atoms with van der Waals surface area (Å²) in [5.41, 5.74) is 3.63. The lowest BCUT2D eigenvalue weighted by atomic mass is 9.91. The van der Waals surface area contributed by atoms with Gasteiger partial charge < -0.3 is 10.4 Å². The van der Waals surface area contributed by atoms with Crippen LogP contribution in [0.25, 0.3) is 28.2 Å². The number of hydrogen-bond donors (Lipinski definition) is 3. The lowest BCUT2D eigenvalue weighted by Gasteiger charge is -2.31. The van der Waals surface area contributed by atoms with Crippen LogP contribution in [0.2, 0.25) is 15.1 Å². The molecule has 3 aromatic heterocycles. The van der Waals surface area contributed by atoms with E-state index in [4.69, 9.17) is 39.8 Å². The summed E-state index contributed by atoms with van der Waals surface area (Å²) in [5.74, 6) is 1.29. The van der Waals surface area contributed by atoms with E-state index in [2.05, 4.69) is 25.6 Å². The second kappa shape index (κ2) is 11.7. The first-order chi connectivity index (χ1) is 19.5. The molecule has 8 nitrogen and oxygen atoms in total. The molecule has 0 amide bonds. The summed E-state index contributed by atoms with van der Waals surface area (Å²) in [4.78, 5) is 18.3. The van der Waals surface area contributed by atoms with Gasteiger partial charge in [0.05, 0.1) is 5.02 Å². The summed E-state index contributed by atoms with van der Waals surface area (Å²) in [7, 11) is 0. The number of rotatable bonds is 7. The van der Waals surface area contributed by atoms with Crippen LogP contribution in [-0.2, 0) is 0 Å². The van der Waals surface area contributed by atoms with E-state index in [1.807, 2.05) is 47.0 Å². The highest BCUT2D eigenvalue weighted by atomic mass is 35.5. The Morgan fingerprint density at radius 3 is 2.38 bits per heavy atom. The fourth-order valence-corrected chi connectivity index (χ4v) is 5.76. The van der Waals surface area contributed by atoms with Crippen LogP contribution in [0.15, 0.2) is 73.3 Å². The number of fused-ring (bicyclic) bond motifs is 1. The molecule has 3 heterocycles. The zero-order valence-corrected chi connectivity index (χ0v) is 23.6. The van der Waals surface area contributed by atoms with Crippen LogP contribution in [0, 0.1) is 0 Å². The molecule has 204 valence electrons. The average molecular weight is 595 g/mol. The molecule has 3 N–H and O–H groups in total. The first kappa shape index (κ1) is 26.9. The van der Waals surface area contributed by atoms with Gasteiger partial charge in [0.15, 0.2) is 17.0 Å². The van der Waals surface area contributed by atoms with Gasteiger partial charge in [0.25, 0.3) is 0 Å². The number of anilines is 1. The lowest BCUT2D eigenvalue weighted by molar-refractivity contribution is 0.112. The van der Waals surface area contributed by atoms with Crippen LogP contribution >= 0.6 is 34.8 Å². The van der Waals surface area contributed by atoms with Crippen molar-refractivity contribution >= 4 is 51.8 Å². The molecule has 0 bridgehead atoms. The van der Waals surface area contributed by atoms with Crippen LogP contribution in [0.5, 0.6) is 0 Å². The van der Waals surface area contributed by atoms with Crippen molar-refractivity contribution in [1.82, 2.24) is 29.8 Å². The van der Waals surface area contributed by atoms with E-state index < -0.39 is 6.23 Å². The molecule has 40 heavy (non-hydrogen) atoms. The van der Waals surface area contributed by atoms with Gasteiger partial charge in [-0.15, -0.1) is 0 Å². The van der Waals surface area contributed by atoms with Crippen molar-refractivity contribution in [2.45, 2.75) is 44.0 Å². The Balaban J connectivity index is 1.27. The fraction of sp³-hybridized carbons (Fsp3) is 0.241. The van der Waals surface area contributed by atoms with E-state index in [-0.39, 0.29) is 12.1 Å². The molecule has 1 atom stereocenters. The van der Waals surface area contributed by atoms with Gasteiger partial charge in [0.1, 0.15) is 18.4 Å². The molecule has 6 rings (SSSR count). The number of aromatic nitrogens is 5. The third-order valence-corrected chi connectivity index (χ3v) is 7.96. The maximum Gasteiger partial charge on any atom is 0.170 e. The molecule has 1 saturated carbocycles. The number of nitrogens with one attached hydrogen (secondary N) is 2. The van der Waals surface area contributed by atoms with E-state index in [0.717, 1.165) is 42.5 Å². The van der Waals surface area contributed by atoms with E-state index >= 15 is 0 Å². The van der Waals surface area contributed by atoms with Crippen molar-refractivity contribution in [2.75, 3.05) is 5.32 Å². The Labute approximate surface area is 246 Å². The standard InChI is InChI=1S/C29H26Cl3N7O/c30-18-3-10-22(11-4-18)39-27(23-12-5-19(31)14-24(23)32)38-25-26(34-16-35-28(25)39)36-20-6-8-21(9-7-20)37-29(40)17-2-1-13-33-15-17/h1-5,10-16,20-21,29,37,40H,6-9H2,(H,34,35,36). The maximum atomic E-state index is 10.5. The topological polar surface area (TPSA) is 101 Å². The largest absolute Gasteiger partial charge is 0.374 e. The number of aliphatic hydroxyl groups excluding tert-OH is 1. The molecule has 0 saturated heterocycles. The van der Waals surface area contributed by atoms with Crippen molar-refractivity contribution < 1.29 is 5.11 Å². The zero-order chi connectivity index (χ0) is 27.6. The fourth-order valence-electron chi connectivity index (χ4n) is 5.14. The Morgan fingerprint density at radius 2 is 1.65 bits per heavy atom. The van der Waals surface area contributed by atoms with Crippen molar-refractivity contribution in [3.63, 3.8) is 0 Å². The van der Waals surface area contributed by atoms with Crippen LogP contribution in [0.4, 0.5) is 5.82 Å². The third kappa shape index (κ3) is 5.64. The predicted molar refractivity (Wildman–Crippen MR) is 159 cm³/mol. The van der Waals surface area contributed by atoms with Gasteiger partial charge in [0.2, 0.25) is 0 Å². The van der Waals surface area contributed by atoms with Gasteiger partial charge in [0, 0.05) is 51.3 Å². The van der Waals surface area contributed by atoms with Crippen LogP contribution in [0.1, 0.15) is 37.5 Å². The van der Waals surface area contributed by atoms with E-state index in [1.54, 1.807) is 30.9 Å². The first-order valence-corrected chi connectivity index (χ1v) is 14.1. The van der Waals surface area contributed by atoms with Crippen LogP contribution < -0.4 is 10.6 Å². The minimum absolute atomic E-state index is 0.204. The molecule has 1 aliphatic rings. The summed E-state index contributed by atoms with van der Waals surface area (Å²) in [6.45, 7) is 0. The smallest absolute Gasteiger partial charge is 0.170 e. The van der Waals surface area contributed by atoms with Gasteiger partial charge in [-0.2, -0.15) is 0 Å². The molecule has 5 aromatic rings. The third-order valence-electron chi connectivity index (χ3n) is 7.16. The van der Waals surface area contributed by atoms with Gasteiger partial charge in [-0.1, -0.05) is 40.9 Å². The molecule has 11 heteroatoms. The van der Waals surface area contributed by atoms with E-state index in [9.17, 15) is 5.11 Å². The number of halogens is 3. The Kier molecular flexibility index (Phi) is 7.87. The summed E-state index contributed by atoms with van der Waals surface area (Å²) >= 11 is 19.0. The van der Waals surface area contributed by atoms with Crippen molar-refractivity contribution in [2.24, 2.45) is 0 Å². The van der Waals surface area contributed by atoms with Crippen LogP contribution in [-0.4, -0.2) is 41.7 Å². The number of benzene rings is 2. The first-order valence-electron chi connectivity index (χ1n) is 13.0. The van der Waals surface area contributed by atoms with Gasteiger partial charge in [-0.25, -0.2) is 15.0 Å². The Bertz CT molecular complexity index is 1620. The summed E-state index contributed by atoms with van der Waals surface area (Å²) in [5, 5.41) is 19.1. The number of pyridine rings is 1. The summed E-state index contributed by atoms with van der Waals surface area (Å²) in [6.07, 6.45) is 7.83. The average Bonchev–Trinajstić information content (AvgIpc) is 3.35. The van der Waals surface area contributed by atoms with E-state index in [0.29, 0.717) is 37.9 Å². The minimum Gasteiger partial charge on any atom is -0.374 e. The quantitative estimate of drug-likeness (QED) is 0.177. The number of imidazole rings is 1. The van der Waals surface area contributed by atoms with Crippen LogP contribution in [0.3, 0.4) is 0 Å². The molecule has 1 fully saturated rings.